The van der Waals surface area contributed by atoms with Crippen LogP contribution in [0.2, 0.25) is 0 Å². The van der Waals surface area contributed by atoms with Crippen molar-refractivity contribution in [3.05, 3.63) is 82.0 Å². The number of nitrogens with zero attached hydrogens (tertiary/aromatic N) is 1. The fraction of sp³-hybridized carbons (Fsp3) is 0.185. The molecule has 5 nitrogen and oxygen atoms in total. The first-order valence-corrected chi connectivity index (χ1v) is 11.5. The molecule has 0 bridgehead atoms. The van der Waals surface area contributed by atoms with Crippen LogP contribution in [0.4, 0.5) is 0 Å². The highest BCUT2D eigenvalue weighted by molar-refractivity contribution is 9.10. The summed E-state index contributed by atoms with van der Waals surface area (Å²) in [5, 5.41) is 0.746. The van der Waals surface area contributed by atoms with E-state index in [0.717, 1.165) is 44.4 Å². The van der Waals surface area contributed by atoms with Gasteiger partial charge in [-0.3, -0.25) is 9.78 Å². The second kappa shape index (κ2) is 9.63. The van der Waals surface area contributed by atoms with Gasteiger partial charge in [-0.25, -0.2) is 0 Å². The van der Waals surface area contributed by atoms with Gasteiger partial charge in [0.05, 0.1) is 5.52 Å². The van der Waals surface area contributed by atoms with E-state index in [1.807, 2.05) is 81.4 Å². The number of aryl methyl sites for hydroxylation is 2. The van der Waals surface area contributed by atoms with Crippen LogP contribution in [0.3, 0.4) is 0 Å². The zero-order valence-corrected chi connectivity index (χ0v) is 20.5. The standard InChI is InChI=1S/C27H24BrNO4/c1-5-24-17(3)27(31-18(4)30)23-15-26(16(2)14-25(23)29-24)33-22-12-10-21(11-13-22)32-20-8-6-19(28)7-9-20/h6-15H,5H2,1-4H3. The van der Waals surface area contributed by atoms with Crippen molar-refractivity contribution in [1.29, 1.82) is 0 Å². The number of fused-ring (bicyclic) bond motifs is 1. The van der Waals surface area contributed by atoms with Gasteiger partial charge in [-0.15, -0.1) is 0 Å². The maximum absolute atomic E-state index is 11.7. The Labute approximate surface area is 201 Å². The molecular weight excluding hydrogens is 482 g/mol. The van der Waals surface area contributed by atoms with E-state index in [1.54, 1.807) is 0 Å². The lowest BCUT2D eigenvalue weighted by Gasteiger charge is -2.16. The van der Waals surface area contributed by atoms with E-state index in [-0.39, 0.29) is 5.97 Å². The summed E-state index contributed by atoms with van der Waals surface area (Å²) in [6.45, 7) is 7.33. The fourth-order valence-corrected chi connectivity index (χ4v) is 3.84. The summed E-state index contributed by atoms with van der Waals surface area (Å²) < 4.78 is 18.6. The lowest BCUT2D eigenvalue weighted by atomic mass is 10.0. The summed E-state index contributed by atoms with van der Waals surface area (Å²) in [5.41, 5.74) is 3.49. The van der Waals surface area contributed by atoms with Crippen LogP contribution in [-0.4, -0.2) is 11.0 Å². The average Bonchev–Trinajstić information content (AvgIpc) is 2.79. The Morgan fingerprint density at radius 3 is 2.06 bits per heavy atom. The first-order chi connectivity index (χ1) is 15.8. The van der Waals surface area contributed by atoms with E-state index in [0.29, 0.717) is 23.0 Å². The van der Waals surface area contributed by atoms with Crippen LogP contribution < -0.4 is 14.2 Å². The molecule has 168 valence electrons. The quantitative estimate of drug-likeness (QED) is 0.251. The Balaban J connectivity index is 1.63. The molecule has 0 spiro atoms. The molecule has 0 atom stereocenters. The number of aromatic nitrogens is 1. The second-order valence-electron chi connectivity index (χ2n) is 7.72. The molecule has 0 unspecified atom stereocenters. The lowest BCUT2D eigenvalue weighted by Crippen LogP contribution is -2.06. The maximum atomic E-state index is 11.7. The number of hydrogen-bond acceptors (Lipinski definition) is 5. The van der Waals surface area contributed by atoms with Gasteiger partial charge in [-0.2, -0.15) is 0 Å². The summed E-state index contributed by atoms with van der Waals surface area (Å²) in [6, 6.07) is 18.9. The number of benzene rings is 3. The number of ether oxygens (including phenoxy) is 3. The highest BCUT2D eigenvalue weighted by Gasteiger charge is 2.16. The van der Waals surface area contributed by atoms with E-state index < -0.39 is 0 Å². The third-order valence-electron chi connectivity index (χ3n) is 5.25. The van der Waals surface area contributed by atoms with Crippen molar-refractivity contribution in [3.8, 4) is 28.7 Å². The van der Waals surface area contributed by atoms with Gasteiger partial charge in [0, 0.05) is 28.0 Å². The highest BCUT2D eigenvalue weighted by atomic mass is 79.9. The smallest absolute Gasteiger partial charge is 0.308 e. The van der Waals surface area contributed by atoms with Gasteiger partial charge in [0.25, 0.3) is 0 Å². The number of hydrogen-bond donors (Lipinski definition) is 0. The number of esters is 1. The van der Waals surface area contributed by atoms with E-state index in [4.69, 9.17) is 19.2 Å². The molecule has 0 N–H and O–H groups in total. The summed E-state index contributed by atoms with van der Waals surface area (Å²) in [4.78, 5) is 16.5. The molecule has 0 fully saturated rings. The second-order valence-corrected chi connectivity index (χ2v) is 8.64. The third-order valence-corrected chi connectivity index (χ3v) is 5.78. The largest absolute Gasteiger partial charge is 0.457 e. The zero-order valence-electron chi connectivity index (χ0n) is 18.9. The first kappa shape index (κ1) is 22.8. The van der Waals surface area contributed by atoms with Gasteiger partial charge >= 0.3 is 5.97 Å². The topological polar surface area (TPSA) is 57.6 Å². The Hall–Kier alpha value is -3.38. The Morgan fingerprint density at radius 1 is 0.909 bits per heavy atom. The molecule has 33 heavy (non-hydrogen) atoms. The minimum Gasteiger partial charge on any atom is -0.457 e. The Kier molecular flexibility index (Phi) is 6.65. The zero-order chi connectivity index (χ0) is 23.5. The van der Waals surface area contributed by atoms with Crippen molar-refractivity contribution in [1.82, 2.24) is 4.98 Å². The summed E-state index contributed by atoms with van der Waals surface area (Å²) in [6.07, 6.45) is 0.752. The molecular formula is C27H24BrNO4. The third kappa shape index (κ3) is 5.17. The van der Waals surface area contributed by atoms with Gasteiger partial charge < -0.3 is 14.2 Å². The predicted molar refractivity (Wildman–Crippen MR) is 133 cm³/mol. The Morgan fingerprint density at radius 2 is 1.48 bits per heavy atom. The lowest BCUT2D eigenvalue weighted by molar-refractivity contribution is -0.131. The van der Waals surface area contributed by atoms with Crippen molar-refractivity contribution in [2.45, 2.75) is 34.1 Å². The molecule has 4 rings (SSSR count). The van der Waals surface area contributed by atoms with E-state index >= 15 is 0 Å². The van der Waals surface area contributed by atoms with Gasteiger partial charge in [0.15, 0.2) is 0 Å². The van der Waals surface area contributed by atoms with Crippen LogP contribution >= 0.6 is 15.9 Å². The van der Waals surface area contributed by atoms with Crippen molar-refractivity contribution in [3.63, 3.8) is 0 Å². The highest BCUT2D eigenvalue weighted by Crippen LogP contribution is 2.37. The van der Waals surface area contributed by atoms with E-state index in [1.165, 1.54) is 6.92 Å². The van der Waals surface area contributed by atoms with E-state index in [2.05, 4.69) is 15.9 Å². The molecule has 3 aromatic carbocycles. The molecule has 1 heterocycles. The fourth-order valence-electron chi connectivity index (χ4n) is 3.58. The van der Waals surface area contributed by atoms with E-state index in [9.17, 15) is 4.79 Å². The predicted octanol–water partition coefficient (Wildman–Crippen LogP) is 7.69. The first-order valence-electron chi connectivity index (χ1n) is 10.7. The normalized spacial score (nSPS) is 10.8. The van der Waals surface area contributed by atoms with Crippen molar-refractivity contribution in [2.24, 2.45) is 0 Å². The minimum atomic E-state index is -0.364. The number of rotatable bonds is 6. The number of pyridine rings is 1. The minimum absolute atomic E-state index is 0.364. The average molecular weight is 506 g/mol. The van der Waals surface area contributed by atoms with Gasteiger partial charge in [-0.05, 0) is 86.5 Å². The van der Waals surface area contributed by atoms with Crippen molar-refractivity contribution >= 4 is 32.8 Å². The van der Waals surface area contributed by atoms with Gasteiger partial charge in [-0.1, -0.05) is 22.9 Å². The molecule has 0 saturated heterocycles. The van der Waals surface area contributed by atoms with Crippen LogP contribution in [-0.2, 0) is 11.2 Å². The maximum Gasteiger partial charge on any atom is 0.308 e. The van der Waals surface area contributed by atoms with Crippen LogP contribution in [0.15, 0.2) is 65.1 Å². The SMILES string of the molecule is CCc1nc2cc(C)c(Oc3ccc(Oc4ccc(Br)cc4)cc3)cc2c(OC(C)=O)c1C. The summed E-state index contributed by atoms with van der Waals surface area (Å²) in [7, 11) is 0. The number of carbonyl (C=O) groups is 1. The molecule has 0 aliphatic heterocycles. The molecule has 0 aliphatic carbocycles. The molecule has 0 saturated carbocycles. The monoisotopic (exact) mass is 505 g/mol. The molecule has 6 heteroatoms. The van der Waals surface area contributed by atoms with Crippen LogP contribution in [0.5, 0.6) is 28.7 Å². The summed E-state index contributed by atoms with van der Waals surface area (Å²) in [5.74, 6) is 2.98. The Bertz CT molecular complexity index is 1320. The van der Waals surface area contributed by atoms with Gasteiger partial charge in [0.1, 0.15) is 28.7 Å². The molecule has 0 radical (unpaired) electrons. The van der Waals surface area contributed by atoms with Crippen LogP contribution in [0.25, 0.3) is 10.9 Å². The van der Waals surface area contributed by atoms with Crippen molar-refractivity contribution < 1.29 is 19.0 Å². The van der Waals surface area contributed by atoms with Crippen LogP contribution in [0, 0.1) is 13.8 Å². The molecule has 1 aromatic heterocycles. The molecule has 4 aromatic rings. The number of carbonyl (C=O) groups excluding carboxylic acids is 1. The van der Waals surface area contributed by atoms with Crippen molar-refractivity contribution in [2.75, 3.05) is 0 Å². The number of halogens is 1. The van der Waals surface area contributed by atoms with Crippen LogP contribution in [0.1, 0.15) is 30.7 Å². The summed E-state index contributed by atoms with van der Waals surface area (Å²) >= 11 is 3.42. The van der Waals surface area contributed by atoms with Gasteiger partial charge in [0.2, 0.25) is 0 Å². The molecule has 0 amide bonds. The molecule has 0 aliphatic rings.